The zero-order valence-corrected chi connectivity index (χ0v) is 15.4. The first-order valence-corrected chi connectivity index (χ1v) is 9.35. The Balaban J connectivity index is 1.65. The summed E-state index contributed by atoms with van der Waals surface area (Å²) in [6, 6.07) is 12.0. The fourth-order valence-corrected chi connectivity index (χ4v) is 3.40. The number of halogens is 1. The van der Waals surface area contributed by atoms with Crippen LogP contribution in [0.3, 0.4) is 0 Å². The zero-order valence-electron chi connectivity index (χ0n) is 15.4. The molecule has 4 heteroatoms. The molecule has 1 aliphatic heterocycles. The molecule has 1 unspecified atom stereocenters. The number of cyclic esters (lactones) is 1. The van der Waals surface area contributed by atoms with Crippen LogP contribution in [0.1, 0.15) is 53.7 Å². The summed E-state index contributed by atoms with van der Waals surface area (Å²) in [6.07, 6.45) is 4.11. The van der Waals surface area contributed by atoms with E-state index < -0.39 is 11.8 Å². The Morgan fingerprint density at radius 1 is 1.08 bits per heavy atom. The van der Waals surface area contributed by atoms with Gasteiger partial charge in [-0.05, 0) is 48.9 Å². The summed E-state index contributed by atoms with van der Waals surface area (Å²) in [5, 5.41) is 0. The van der Waals surface area contributed by atoms with Crippen LogP contribution in [0.4, 0.5) is 4.39 Å². The van der Waals surface area contributed by atoms with Crippen LogP contribution >= 0.6 is 0 Å². The van der Waals surface area contributed by atoms with Crippen molar-refractivity contribution in [3.63, 3.8) is 0 Å². The molecular formula is C22H25FO3. The van der Waals surface area contributed by atoms with Crippen LogP contribution in [-0.4, -0.2) is 18.7 Å². The predicted octanol–water partition coefficient (Wildman–Crippen LogP) is 4.89. The fourth-order valence-electron chi connectivity index (χ4n) is 3.40. The highest BCUT2D eigenvalue weighted by Gasteiger charge is 2.30. The molecule has 1 aliphatic rings. The number of rotatable bonds is 7. The summed E-state index contributed by atoms with van der Waals surface area (Å²) in [5.74, 6) is -1.10. The number of benzene rings is 2. The van der Waals surface area contributed by atoms with E-state index in [4.69, 9.17) is 9.47 Å². The second-order valence-corrected chi connectivity index (χ2v) is 6.68. The van der Waals surface area contributed by atoms with E-state index in [9.17, 15) is 9.18 Å². The lowest BCUT2D eigenvalue weighted by Crippen LogP contribution is -2.29. The van der Waals surface area contributed by atoms with Gasteiger partial charge in [0.25, 0.3) is 0 Å². The van der Waals surface area contributed by atoms with Crippen molar-refractivity contribution in [2.75, 3.05) is 6.61 Å². The molecule has 0 aromatic heterocycles. The first-order valence-electron chi connectivity index (χ1n) is 9.35. The van der Waals surface area contributed by atoms with Crippen LogP contribution in [0.25, 0.3) is 0 Å². The van der Waals surface area contributed by atoms with Crippen LogP contribution in [0.2, 0.25) is 0 Å². The molecule has 0 aliphatic carbocycles. The Morgan fingerprint density at radius 3 is 2.42 bits per heavy atom. The monoisotopic (exact) mass is 356 g/mol. The summed E-state index contributed by atoms with van der Waals surface area (Å²) >= 11 is 0. The van der Waals surface area contributed by atoms with Gasteiger partial charge in [0.1, 0.15) is 11.7 Å². The SMILES string of the molecule is CCCc1ccc(CCC2Cc3ccc(OCC)c(F)c3C(=O)O2)cc1. The smallest absolute Gasteiger partial charge is 0.341 e. The van der Waals surface area contributed by atoms with E-state index in [1.165, 1.54) is 11.1 Å². The molecule has 0 fully saturated rings. The minimum Gasteiger partial charge on any atom is -0.491 e. The van der Waals surface area contributed by atoms with Gasteiger partial charge in [0.15, 0.2) is 11.6 Å². The highest BCUT2D eigenvalue weighted by atomic mass is 19.1. The molecule has 138 valence electrons. The highest BCUT2D eigenvalue weighted by Crippen LogP contribution is 2.30. The molecular weight excluding hydrogens is 331 g/mol. The predicted molar refractivity (Wildman–Crippen MR) is 99.2 cm³/mol. The van der Waals surface area contributed by atoms with Crippen molar-refractivity contribution >= 4 is 5.97 Å². The summed E-state index contributed by atoms with van der Waals surface area (Å²) in [7, 11) is 0. The molecule has 1 atom stereocenters. The minimum atomic E-state index is -0.612. The van der Waals surface area contributed by atoms with Crippen molar-refractivity contribution in [1.29, 1.82) is 0 Å². The van der Waals surface area contributed by atoms with Crippen molar-refractivity contribution in [1.82, 2.24) is 0 Å². The quantitative estimate of drug-likeness (QED) is 0.663. The van der Waals surface area contributed by atoms with Crippen LogP contribution in [0.15, 0.2) is 36.4 Å². The van der Waals surface area contributed by atoms with E-state index in [0.29, 0.717) is 18.6 Å². The van der Waals surface area contributed by atoms with Gasteiger partial charge in [0, 0.05) is 6.42 Å². The van der Waals surface area contributed by atoms with Crippen molar-refractivity contribution in [2.24, 2.45) is 0 Å². The van der Waals surface area contributed by atoms with Gasteiger partial charge in [-0.1, -0.05) is 43.7 Å². The number of hydrogen-bond donors (Lipinski definition) is 0. The molecule has 0 saturated heterocycles. The number of aryl methyl sites for hydroxylation is 2. The minimum absolute atomic E-state index is 0.0242. The van der Waals surface area contributed by atoms with Gasteiger partial charge in [-0.15, -0.1) is 0 Å². The molecule has 3 nitrogen and oxygen atoms in total. The highest BCUT2D eigenvalue weighted by molar-refractivity contribution is 5.93. The van der Waals surface area contributed by atoms with Gasteiger partial charge in [-0.25, -0.2) is 9.18 Å². The van der Waals surface area contributed by atoms with Gasteiger partial charge in [0.2, 0.25) is 0 Å². The lowest BCUT2D eigenvalue weighted by Gasteiger charge is -2.25. The Morgan fingerprint density at radius 2 is 1.77 bits per heavy atom. The lowest BCUT2D eigenvalue weighted by molar-refractivity contribution is 0.0230. The molecule has 0 amide bonds. The van der Waals surface area contributed by atoms with E-state index in [-0.39, 0.29) is 17.4 Å². The fraction of sp³-hybridized carbons (Fsp3) is 0.409. The summed E-state index contributed by atoms with van der Waals surface area (Å²) in [5.41, 5.74) is 3.29. The van der Waals surface area contributed by atoms with E-state index in [2.05, 4.69) is 31.2 Å². The first-order chi connectivity index (χ1) is 12.6. The average molecular weight is 356 g/mol. The van der Waals surface area contributed by atoms with Gasteiger partial charge in [-0.3, -0.25) is 0 Å². The third kappa shape index (κ3) is 4.06. The maximum atomic E-state index is 14.4. The third-order valence-corrected chi connectivity index (χ3v) is 4.73. The first kappa shape index (κ1) is 18.4. The molecule has 2 aromatic carbocycles. The molecule has 0 radical (unpaired) electrons. The van der Waals surface area contributed by atoms with Gasteiger partial charge < -0.3 is 9.47 Å². The Kier molecular flexibility index (Phi) is 5.92. The Labute approximate surface area is 154 Å². The molecule has 26 heavy (non-hydrogen) atoms. The number of fused-ring (bicyclic) bond motifs is 1. The van der Waals surface area contributed by atoms with Crippen LogP contribution in [-0.2, 0) is 24.0 Å². The second-order valence-electron chi connectivity index (χ2n) is 6.68. The molecule has 0 saturated carbocycles. The van der Waals surface area contributed by atoms with Crippen molar-refractivity contribution in [2.45, 2.75) is 52.1 Å². The average Bonchev–Trinajstić information content (AvgIpc) is 2.63. The summed E-state index contributed by atoms with van der Waals surface area (Å²) < 4.78 is 25.1. The number of ether oxygens (including phenoxy) is 2. The third-order valence-electron chi connectivity index (χ3n) is 4.73. The van der Waals surface area contributed by atoms with Crippen molar-refractivity contribution in [3.05, 3.63) is 64.5 Å². The normalized spacial score (nSPS) is 16.1. The molecule has 2 aromatic rings. The Bertz CT molecular complexity index is 768. The zero-order chi connectivity index (χ0) is 18.5. The number of esters is 1. The van der Waals surface area contributed by atoms with Crippen LogP contribution < -0.4 is 4.74 Å². The van der Waals surface area contributed by atoms with E-state index >= 15 is 0 Å². The maximum Gasteiger partial charge on any atom is 0.341 e. The molecule has 0 N–H and O–H groups in total. The largest absolute Gasteiger partial charge is 0.491 e. The maximum absolute atomic E-state index is 14.4. The molecule has 3 rings (SSSR count). The summed E-state index contributed by atoms with van der Waals surface area (Å²) in [6.45, 7) is 4.30. The number of carbonyl (C=O) groups excluding carboxylic acids is 1. The van der Waals surface area contributed by atoms with Gasteiger partial charge >= 0.3 is 5.97 Å². The summed E-state index contributed by atoms with van der Waals surface area (Å²) in [4.78, 5) is 12.3. The second kappa shape index (κ2) is 8.35. The number of hydrogen-bond acceptors (Lipinski definition) is 3. The van der Waals surface area contributed by atoms with Gasteiger partial charge in [0.05, 0.1) is 6.61 Å². The van der Waals surface area contributed by atoms with E-state index in [1.54, 1.807) is 19.1 Å². The van der Waals surface area contributed by atoms with E-state index in [0.717, 1.165) is 25.7 Å². The van der Waals surface area contributed by atoms with Gasteiger partial charge in [-0.2, -0.15) is 0 Å². The standard InChI is InChI=1S/C22H25FO3/c1-3-5-15-6-8-16(9-7-15)10-12-18-14-17-11-13-19(25-4-2)21(23)20(17)22(24)26-18/h6-9,11,13,18H,3-5,10,12,14H2,1-2H3. The lowest BCUT2D eigenvalue weighted by atomic mass is 9.94. The topological polar surface area (TPSA) is 35.5 Å². The van der Waals surface area contributed by atoms with Crippen LogP contribution in [0, 0.1) is 5.82 Å². The number of carbonyl (C=O) groups is 1. The van der Waals surface area contributed by atoms with Crippen LogP contribution in [0.5, 0.6) is 5.75 Å². The molecule has 1 heterocycles. The van der Waals surface area contributed by atoms with E-state index in [1.807, 2.05) is 0 Å². The van der Waals surface area contributed by atoms with Crippen molar-refractivity contribution in [3.8, 4) is 5.75 Å². The molecule has 0 spiro atoms. The Hall–Kier alpha value is -2.36. The molecule has 0 bridgehead atoms. The van der Waals surface area contributed by atoms with Crippen molar-refractivity contribution < 1.29 is 18.7 Å².